The zero-order valence-corrected chi connectivity index (χ0v) is 26.1. The van der Waals surface area contributed by atoms with E-state index in [1.54, 1.807) is 31.3 Å². The highest BCUT2D eigenvalue weighted by Gasteiger charge is 2.23. The van der Waals surface area contributed by atoms with Crippen LogP contribution < -0.4 is 29.6 Å². The molecule has 11 heteroatoms. The third-order valence-corrected chi connectivity index (χ3v) is 7.49. The maximum absolute atomic E-state index is 13.5. The molecule has 0 spiro atoms. The largest absolute Gasteiger partial charge is 0.497 e. The minimum absolute atomic E-state index is 0.00265. The van der Waals surface area contributed by atoms with Crippen molar-refractivity contribution in [3.05, 3.63) is 83.4 Å². The molecule has 3 aromatic carbocycles. The lowest BCUT2D eigenvalue weighted by molar-refractivity contribution is 0.0873. The van der Waals surface area contributed by atoms with Gasteiger partial charge in [-0.1, -0.05) is 50.1 Å². The molecule has 4 rings (SSSR count). The number of hydrogen-bond donors (Lipinski definition) is 3. The number of rotatable bonds is 16. The fourth-order valence-electron chi connectivity index (χ4n) is 4.96. The molecular formula is C34H43N3O8. The third-order valence-electron chi connectivity index (χ3n) is 7.49. The second-order valence-electron chi connectivity index (χ2n) is 10.8. The number of carbonyl (C=O) groups is 2. The van der Waals surface area contributed by atoms with Crippen molar-refractivity contribution in [1.82, 2.24) is 15.5 Å². The molecule has 0 saturated carbocycles. The molecule has 3 N–H and O–H groups in total. The summed E-state index contributed by atoms with van der Waals surface area (Å²) in [6, 6.07) is 19.2. The van der Waals surface area contributed by atoms with Crippen molar-refractivity contribution in [2.24, 2.45) is 0 Å². The van der Waals surface area contributed by atoms with E-state index in [-0.39, 0.29) is 20.0 Å². The van der Waals surface area contributed by atoms with Crippen LogP contribution in [0.1, 0.15) is 55.3 Å². The number of fused-ring (bicyclic) bond motifs is 1. The normalized spacial score (nSPS) is 13.0. The summed E-state index contributed by atoms with van der Waals surface area (Å²) in [7, 11) is 3.21. The highest BCUT2D eigenvalue weighted by molar-refractivity contribution is 5.75. The lowest BCUT2D eigenvalue weighted by atomic mass is 10.0. The lowest BCUT2D eigenvalue weighted by Crippen LogP contribution is -2.46. The van der Waals surface area contributed by atoms with Gasteiger partial charge in [0.2, 0.25) is 6.79 Å². The quantitative estimate of drug-likeness (QED) is 0.190. The Kier molecular flexibility index (Phi) is 12.6. The Balaban J connectivity index is 1.41. The Bertz CT molecular complexity index is 1320. The van der Waals surface area contributed by atoms with Crippen LogP contribution in [0.3, 0.4) is 0 Å². The van der Waals surface area contributed by atoms with Gasteiger partial charge in [-0.15, -0.1) is 0 Å². The Hall–Kier alpha value is -4.64. The van der Waals surface area contributed by atoms with Crippen LogP contribution in [0, 0.1) is 0 Å². The Labute approximate surface area is 264 Å². The van der Waals surface area contributed by atoms with Crippen molar-refractivity contribution in [3.8, 4) is 23.0 Å². The molecule has 0 radical (unpaired) electrons. The highest BCUT2D eigenvalue weighted by Crippen LogP contribution is 2.34. The summed E-state index contributed by atoms with van der Waals surface area (Å²) >= 11 is 0. The van der Waals surface area contributed by atoms with Gasteiger partial charge in [-0.3, -0.25) is 4.90 Å². The number of ether oxygens (including phenoxy) is 5. The number of methoxy groups -OCH3 is 2. The predicted octanol–water partition coefficient (Wildman–Crippen LogP) is 5.55. The molecule has 242 valence electrons. The van der Waals surface area contributed by atoms with E-state index in [4.69, 9.17) is 23.7 Å². The van der Waals surface area contributed by atoms with Gasteiger partial charge in [0, 0.05) is 19.7 Å². The van der Waals surface area contributed by atoms with Crippen LogP contribution in [-0.4, -0.2) is 62.4 Å². The number of nitrogens with one attached hydrogen (secondary N) is 2. The monoisotopic (exact) mass is 621 g/mol. The van der Waals surface area contributed by atoms with Gasteiger partial charge < -0.3 is 39.4 Å². The SMILES string of the molecule is CCCCC(COC(=O)N(Cc1ccc(OC)cc1)Cc1ccc(OC)cc1)NC(=O)NC(CCO)c1ccc2c(c1)OCO2. The second kappa shape index (κ2) is 17.0. The Morgan fingerprint density at radius 1 is 0.867 bits per heavy atom. The standard InChI is InChI=1S/C34H43N3O8/c1-4-5-6-27(35-33(39)36-30(17-18-38)26-11-16-31-32(19-26)45-23-44-31)22-43-34(40)37(20-24-7-12-28(41-2)13-8-24)21-25-9-14-29(42-3)15-10-25/h7-16,19,27,30,38H,4-6,17-18,20-23H2,1-3H3,(H2,35,36,39). The molecule has 0 bridgehead atoms. The highest BCUT2D eigenvalue weighted by atomic mass is 16.7. The molecule has 3 aromatic rings. The van der Waals surface area contributed by atoms with Crippen molar-refractivity contribution in [1.29, 1.82) is 0 Å². The first-order valence-corrected chi connectivity index (χ1v) is 15.2. The van der Waals surface area contributed by atoms with Gasteiger partial charge >= 0.3 is 12.1 Å². The summed E-state index contributed by atoms with van der Waals surface area (Å²) in [5.41, 5.74) is 2.62. The number of unbranched alkanes of at least 4 members (excludes halogenated alkanes) is 1. The number of amides is 3. The number of benzene rings is 3. The van der Waals surface area contributed by atoms with Crippen LogP contribution in [-0.2, 0) is 17.8 Å². The zero-order valence-electron chi connectivity index (χ0n) is 26.1. The fourth-order valence-corrected chi connectivity index (χ4v) is 4.96. The first-order valence-electron chi connectivity index (χ1n) is 15.2. The summed E-state index contributed by atoms with van der Waals surface area (Å²) in [6.45, 7) is 2.73. The molecule has 0 aromatic heterocycles. The number of hydrogen-bond acceptors (Lipinski definition) is 8. The topological polar surface area (TPSA) is 128 Å². The van der Waals surface area contributed by atoms with E-state index in [1.807, 2.05) is 54.6 Å². The van der Waals surface area contributed by atoms with Gasteiger partial charge in [0.15, 0.2) is 11.5 Å². The van der Waals surface area contributed by atoms with Crippen LogP contribution in [0.15, 0.2) is 66.7 Å². The molecule has 3 amide bonds. The average Bonchev–Trinajstić information content (AvgIpc) is 3.54. The Morgan fingerprint density at radius 2 is 1.49 bits per heavy atom. The van der Waals surface area contributed by atoms with Crippen LogP contribution in [0.2, 0.25) is 0 Å². The molecule has 1 aliphatic heterocycles. The maximum atomic E-state index is 13.5. The van der Waals surface area contributed by atoms with E-state index < -0.39 is 24.2 Å². The summed E-state index contributed by atoms with van der Waals surface area (Å²) in [5.74, 6) is 2.69. The van der Waals surface area contributed by atoms with Crippen molar-refractivity contribution >= 4 is 12.1 Å². The molecule has 1 heterocycles. The number of aliphatic hydroxyl groups excluding tert-OH is 1. The second-order valence-corrected chi connectivity index (χ2v) is 10.8. The third kappa shape index (κ3) is 9.94. The predicted molar refractivity (Wildman–Crippen MR) is 169 cm³/mol. The number of urea groups is 1. The average molecular weight is 622 g/mol. The van der Waals surface area contributed by atoms with Gasteiger partial charge in [0.25, 0.3) is 0 Å². The zero-order chi connectivity index (χ0) is 32.0. The van der Waals surface area contributed by atoms with Gasteiger partial charge in [0.1, 0.15) is 18.1 Å². The van der Waals surface area contributed by atoms with E-state index in [9.17, 15) is 14.7 Å². The molecule has 0 aliphatic carbocycles. The van der Waals surface area contributed by atoms with Crippen LogP contribution in [0.5, 0.6) is 23.0 Å². The van der Waals surface area contributed by atoms with E-state index in [0.29, 0.717) is 37.4 Å². The number of aliphatic hydroxyl groups is 1. The van der Waals surface area contributed by atoms with Crippen LogP contribution in [0.4, 0.5) is 9.59 Å². The number of carbonyl (C=O) groups excluding carboxylic acids is 2. The molecule has 0 fully saturated rings. The van der Waals surface area contributed by atoms with Gasteiger partial charge in [0.05, 0.1) is 26.3 Å². The molecule has 11 nitrogen and oxygen atoms in total. The first-order chi connectivity index (χ1) is 21.9. The molecule has 45 heavy (non-hydrogen) atoms. The van der Waals surface area contributed by atoms with Gasteiger partial charge in [-0.05, 0) is 65.9 Å². The lowest BCUT2D eigenvalue weighted by Gasteiger charge is -2.26. The van der Waals surface area contributed by atoms with Crippen molar-refractivity contribution in [2.45, 2.75) is 57.8 Å². The van der Waals surface area contributed by atoms with Crippen molar-refractivity contribution < 1.29 is 38.4 Å². The van der Waals surface area contributed by atoms with Crippen LogP contribution in [0.25, 0.3) is 0 Å². The first kappa shape index (κ1) is 33.3. The minimum Gasteiger partial charge on any atom is -0.497 e. The van der Waals surface area contributed by atoms with Gasteiger partial charge in [-0.2, -0.15) is 0 Å². The molecule has 0 saturated heterocycles. The van der Waals surface area contributed by atoms with Crippen molar-refractivity contribution in [2.75, 3.05) is 34.2 Å². The molecule has 2 unspecified atom stereocenters. The van der Waals surface area contributed by atoms with Crippen LogP contribution >= 0.6 is 0 Å². The Morgan fingerprint density at radius 3 is 2.07 bits per heavy atom. The summed E-state index contributed by atoms with van der Waals surface area (Å²) in [6.07, 6.45) is 2.20. The number of nitrogens with zero attached hydrogens (tertiary/aromatic N) is 1. The molecular weight excluding hydrogens is 578 g/mol. The smallest absolute Gasteiger partial charge is 0.410 e. The maximum Gasteiger partial charge on any atom is 0.410 e. The van der Waals surface area contributed by atoms with E-state index >= 15 is 0 Å². The minimum atomic E-state index is -0.496. The van der Waals surface area contributed by atoms with Crippen molar-refractivity contribution in [3.63, 3.8) is 0 Å². The van der Waals surface area contributed by atoms with E-state index in [2.05, 4.69) is 17.6 Å². The summed E-state index contributed by atoms with van der Waals surface area (Å²) < 4.78 is 27.2. The molecule has 1 aliphatic rings. The summed E-state index contributed by atoms with van der Waals surface area (Å²) in [4.78, 5) is 28.2. The van der Waals surface area contributed by atoms with E-state index in [0.717, 1.165) is 41.0 Å². The fraction of sp³-hybridized carbons (Fsp3) is 0.412. The van der Waals surface area contributed by atoms with E-state index in [1.165, 1.54) is 0 Å². The molecule has 2 atom stereocenters. The summed E-state index contributed by atoms with van der Waals surface area (Å²) in [5, 5.41) is 15.6. The van der Waals surface area contributed by atoms with Gasteiger partial charge in [-0.25, -0.2) is 9.59 Å².